The molecule has 0 radical (unpaired) electrons. The Balaban J connectivity index is 2.61. The monoisotopic (exact) mass is 313 g/mol. The van der Waals surface area contributed by atoms with Crippen LogP contribution in [0.5, 0.6) is 0 Å². The summed E-state index contributed by atoms with van der Waals surface area (Å²) < 4.78 is 14.5. The number of amides is 1. The molecule has 1 aromatic rings. The predicted octanol–water partition coefficient (Wildman–Crippen LogP) is 3.11. The summed E-state index contributed by atoms with van der Waals surface area (Å²) in [5.74, 6) is -0.993. The maximum Gasteiger partial charge on any atom is 0.261 e. The van der Waals surface area contributed by atoms with Gasteiger partial charge < -0.3 is 10.2 Å². The molecule has 0 fully saturated rings. The highest BCUT2D eigenvalue weighted by Gasteiger charge is 2.29. The molecule has 5 heteroatoms. The number of anilines is 1. The van der Waals surface area contributed by atoms with Gasteiger partial charge in [-0.2, -0.15) is 5.26 Å². The maximum absolute atomic E-state index is 14.5. The molecular formula is C18H20FN3O. The van der Waals surface area contributed by atoms with E-state index < -0.39 is 11.7 Å². The minimum absolute atomic E-state index is 0.127. The highest BCUT2D eigenvalue weighted by Crippen LogP contribution is 2.39. The van der Waals surface area contributed by atoms with Crippen molar-refractivity contribution in [2.24, 2.45) is 0 Å². The van der Waals surface area contributed by atoms with Crippen molar-refractivity contribution < 1.29 is 9.18 Å². The van der Waals surface area contributed by atoms with E-state index >= 15 is 0 Å². The quantitative estimate of drug-likeness (QED) is 0.674. The molecule has 1 aromatic carbocycles. The summed E-state index contributed by atoms with van der Waals surface area (Å²) in [6, 6.07) is 4.94. The highest BCUT2D eigenvalue weighted by molar-refractivity contribution is 6.01. The Morgan fingerprint density at radius 2 is 2.09 bits per heavy atom. The van der Waals surface area contributed by atoms with E-state index in [1.807, 2.05) is 18.9 Å². The first kappa shape index (κ1) is 16.8. The second kappa shape index (κ2) is 5.88. The van der Waals surface area contributed by atoms with E-state index in [2.05, 4.69) is 25.2 Å². The van der Waals surface area contributed by atoms with E-state index in [1.54, 1.807) is 12.1 Å². The summed E-state index contributed by atoms with van der Waals surface area (Å²) in [5.41, 5.74) is 2.62. The van der Waals surface area contributed by atoms with Gasteiger partial charge in [0, 0.05) is 30.9 Å². The average molecular weight is 313 g/mol. The number of hydrogen-bond acceptors (Lipinski definition) is 3. The van der Waals surface area contributed by atoms with Gasteiger partial charge in [0.25, 0.3) is 5.91 Å². The number of fused-ring (bicyclic) bond motifs is 1. The molecule has 1 heterocycles. The smallest absolute Gasteiger partial charge is 0.261 e. The van der Waals surface area contributed by atoms with Gasteiger partial charge in [-0.15, -0.1) is 0 Å². The number of nitriles is 1. The summed E-state index contributed by atoms with van der Waals surface area (Å²) in [4.78, 5) is 13.6. The molecule has 0 saturated carbocycles. The largest absolute Gasteiger partial charge is 0.365 e. The fourth-order valence-corrected chi connectivity index (χ4v) is 2.74. The molecule has 120 valence electrons. The number of carbonyl (C=O) groups excluding carboxylic acids is 1. The number of likely N-dealkylation sites (N-methyl/N-ethyl adjacent to an activating group) is 2. The molecule has 1 N–H and O–H groups in total. The normalized spacial score (nSPS) is 16.3. The maximum atomic E-state index is 14.5. The van der Waals surface area contributed by atoms with Crippen LogP contribution in [0.4, 0.5) is 10.1 Å². The van der Waals surface area contributed by atoms with E-state index in [4.69, 9.17) is 5.26 Å². The number of halogens is 1. The lowest BCUT2D eigenvalue weighted by Gasteiger charge is -2.40. The molecule has 4 nitrogen and oxygen atoms in total. The minimum atomic E-state index is -0.532. The molecule has 0 saturated heterocycles. The zero-order valence-electron chi connectivity index (χ0n) is 14.0. The SMILES string of the molecule is CNC(=O)/C(C#N)=C/c1cc2c(cc1F)N(C)C(C)(C)C=C2C. The van der Waals surface area contributed by atoms with Crippen molar-refractivity contribution in [2.45, 2.75) is 26.3 Å². The molecule has 0 bridgehead atoms. The van der Waals surface area contributed by atoms with Crippen molar-refractivity contribution in [1.82, 2.24) is 5.32 Å². The van der Waals surface area contributed by atoms with Crippen LogP contribution in [-0.2, 0) is 4.79 Å². The van der Waals surface area contributed by atoms with Gasteiger partial charge in [-0.3, -0.25) is 4.79 Å². The van der Waals surface area contributed by atoms with Crippen LogP contribution >= 0.6 is 0 Å². The van der Waals surface area contributed by atoms with Gasteiger partial charge in [0.1, 0.15) is 17.5 Å². The zero-order valence-corrected chi connectivity index (χ0v) is 14.0. The van der Waals surface area contributed by atoms with Crippen LogP contribution in [0.1, 0.15) is 31.9 Å². The molecule has 0 unspecified atom stereocenters. The Kier molecular flexibility index (Phi) is 4.28. The number of rotatable bonds is 2. The molecule has 23 heavy (non-hydrogen) atoms. The van der Waals surface area contributed by atoms with Crippen molar-refractivity contribution in [3.8, 4) is 6.07 Å². The van der Waals surface area contributed by atoms with Crippen molar-refractivity contribution in [2.75, 3.05) is 19.0 Å². The van der Waals surface area contributed by atoms with Crippen LogP contribution in [0.25, 0.3) is 11.6 Å². The van der Waals surface area contributed by atoms with Gasteiger partial charge in [-0.25, -0.2) is 4.39 Å². The van der Waals surface area contributed by atoms with Crippen molar-refractivity contribution in [3.05, 3.63) is 40.7 Å². The summed E-state index contributed by atoms with van der Waals surface area (Å²) >= 11 is 0. The number of nitrogens with zero attached hydrogens (tertiary/aromatic N) is 2. The van der Waals surface area contributed by atoms with Gasteiger partial charge in [0.05, 0.1) is 5.54 Å². The summed E-state index contributed by atoms with van der Waals surface area (Å²) in [6.07, 6.45) is 3.40. The molecule has 1 aliphatic heterocycles. The molecule has 1 amide bonds. The van der Waals surface area contributed by atoms with Gasteiger partial charge in [0.15, 0.2) is 0 Å². The Labute approximate surface area is 135 Å². The fraction of sp³-hybridized carbons (Fsp3) is 0.333. The number of benzene rings is 1. The molecule has 0 aliphatic carbocycles. The van der Waals surface area contributed by atoms with E-state index in [0.717, 1.165) is 16.8 Å². The third kappa shape index (κ3) is 2.98. The summed E-state index contributed by atoms with van der Waals surface area (Å²) in [6.45, 7) is 6.10. The summed E-state index contributed by atoms with van der Waals surface area (Å²) in [7, 11) is 3.35. The third-order valence-electron chi connectivity index (χ3n) is 4.23. The Morgan fingerprint density at radius 1 is 1.43 bits per heavy atom. The zero-order chi connectivity index (χ0) is 17.4. The van der Waals surface area contributed by atoms with Crippen LogP contribution in [0.3, 0.4) is 0 Å². The third-order valence-corrected chi connectivity index (χ3v) is 4.23. The lowest BCUT2D eigenvalue weighted by atomic mass is 9.88. The van der Waals surface area contributed by atoms with Crippen LogP contribution in [0, 0.1) is 17.1 Å². The molecule has 1 aliphatic rings. The molecule has 0 atom stereocenters. The molecule has 2 rings (SSSR count). The Hall–Kier alpha value is -2.61. The van der Waals surface area contributed by atoms with E-state index in [0.29, 0.717) is 0 Å². The lowest BCUT2D eigenvalue weighted by Crippen LogP contribution is -2.42. The van der Waals surface area contributed by atoms with Gasteiger partial charge >= 0.3 is 0 Å². The molecule has 0 spiro atoms. The van der Waals surface area contributed by atoms with E-state index in [1.165, 1.54) is 19.2 Å². The van der Waals surface area contributed by atoms with Crippen LogP contribution in [-0.4, -0.2) is 25.5 Å². The van der Waals surface area contributed by atoms with Crippen LogP contribution in [0.15, 0.2) is 23.8 Å². The lowest BCUT2D eigenvalue weighted by molar-refractivity contribution is -0.116. The van der Waals surface area contributed by atoms with E-state index in [9.17, 15) is 9.18 Å². The highest BCUT2D eigenvalue weighted by atomic mass is 19.1. The first-order valence-electron chi connectivity index (χ1n) is 7.32. The second-order valence-electron chi connectivity index (χ2n) is 6.18. The average Bonchev–Trinajstić information content (AvgIpc) is 2.50. The predicted molar refractivity (Wildman–Crippen MR) is 90.2 cm³/mol. The van der Waals surface area contributed by atoms with Gasteiger partial charge in [0.2, 0.25) is 0 Å². The van der Waals surface area contributed by atoms with Crippen LogP contribution in [0.2, 0.25) is 0 Å². The minimum Gasteiger partial charge on any atom is -0.365 e. The number of carbonyl (C=O) groups is 1. The topological polar surface area (TPSA) is 56.1 Å². The van der Waals surface area contributed by atoms with Crippen LogP contribution < -0.4 is 10.2 Å². The summed E-state index contributed by atoms with van der Waals surface area (Å²) in [5, 5.41) is 11.4. The van der Waals surface area contributed by atoms with Crippen molar-refractivity contribution >= 4 is 23.2 Å². The van der Waals surface area contributed by atoms with Crippen molar-refractivity contribution in [3.63, 3.8) is 0 Å². The second-order valence-corrected chi connectivity index (χ2v) is 6.18. The Morgan fingerprint density at radius 3 is 2.65 bits per heavy atom. The van der Waals surface area contributed by atoms with Gasteiger partial charge in [-0.1, -0.05) is 6.08 Å². The standard InChI is InChI=1S/C18H20FN3O/c1-11-9-18(2,3)22(5)16-8-15(19)12(7-14(11)16)6-13(10-20)17(23)21-4/h6-9H,1-5H3,(H,21,23)/b13-6+. The first-order chi connectivity index (χ1) is 10.7. The molecule has 0 aromatic heterocycles. The van der Waals surface area contributed by atoms with E-state index in [-0.39, 0.29) is 16.7 Å². The Bertz CT molecular complexity index is 769. The number of allylic oxidation sites excluding steroid dienone is 1. The molecular weight excluding hydrogens is 293 g/mol. The van der Waals surface area contributed by atoms with Gasteiger partial charge in [-0.05, 0) is 44.6 Å². The number of nitrogens with one attached hydrogen (secondary N) is 1. The fourth-order valence-electron chi connectivity index (χ4n) is 2.74. The first-order valence-corrected chi connectivity index (χ1v) is 7.32. The van der Waals surface area contributed by atoms with Crippen molar-refractivity contribution in [1.29, 1.82) is 5.26 Å². The number of hydrogen-bond donors (Lipinski definition) is 1.